The minimum absolute atomic E-state index is 0.208. The molecule has 29 heavy (non-hydrogen) atoms. The van der Waals surface area contributed by atoms with Crippen molar-refractivity contribution in [1.82, 2.24) is 15.3 Å². The number of hydrogen-bond donors (Lipinski definition) is 4. The maximum absolute atomic E-state index is 13.5. The maximum atomic E-state index is 13.5. The van der Waals surface area contributed by atoms with Gasteiger partial charge in [0.2, 0.25) is 0 Å². The van der Waals surface area contributed by atoms with Gasteiger partial charge in [-0.2, -0.15) is 0 Å². The van der Waals surface area contributed by atoms with Crippen molar-refractivity contribution in [1.29, 1.82) is 0 Å². The van der Waals surface area contributed by atoms with E-state index in [1.807, 2.05) is 0 Å². The molecule has 0 saturated carbocycles. The molecule has 0 aliphatic carbocycles. The van der Waals surface area contributed by atoms with Gasteiger partial charge in [-0.1, -0.05) is 6.07 Å². The Morgan fingerprint density at radius 3 is 2.59 bits per heavy atom. The molecule has 0 unspecified atom stereocenters. The van der Waals surface area contributed by atoms with E-state index in [0.717, 1.165) is 0 Å². The summed E-state index contributed by atoms with van der Waals surface area (Å²) in [6.45, 7) is 2.24. The number of nitrogens with zero attached hydrogens (tertiary/aromatic N) is 2. The van der Waals surface area contributed by atoms with Gasteiger partial charge in [-0.25, -0.2) is 14.2 Å². The van der Waals surface area contributed by atoms with Gasteiger partial charge < -0.3 is 16.0 Å². The summed E-state index contributed by atoms with van der Waals surface area (Å²) in [7, 11) is 0. The Hall–Kier alpha value is -4.01. The second-order valence-corrected chi connectivity index (χ2v) is 5.93. The molecule has 2 heterocycles. The van der Waals surface area contributed by atoms with Crippen LogP contribution in [0.25, 0.3) is 0 Å². The zero-order valence-electron chi connectivity index (χ0n) is 15.6. The van der Waals surface area contributed by atoms with E-state index in [9.17, 15) is 14.0 Å². The van der Waals surface area contributed by atoms with Crippen LogP contribution in [0.5, 0.6) is 0 Å². The van der Waals surface area contributed by atoms with Crippen LogP contribution in [0.1, 0.15) is 17.3 Å². The Labute approximate surface area is 166 Å². The van der Waals surface area contributed by atoms with Crippen LogP contribution in [0.3, 0.4) is 0 Å². The molecule has 0 spiro atoms. The Bertz CT molecular complexity index is 1010. The van der Waals surface area contributed by atoms with Crippen molar-refractivity contribution >= 4 is 34.8 Å². The van der Waals surface area contributed by atoms with Gasteiger partial charge in [0.25, 0.3) is 5.91 Å². The molecular weight excluding hydrogens is 375 g/mol. The fourth-order valence-corrected chi connectivity index (χ4v) is 2.49. The number of amides is 3. The molecule has 0 atom stereocenters. The van der Waals surface area contributed by atoms with Gasteiger partial charge in [-0.15, -0.1) is 0 Å². The SMILES string of the molecule is CCNC(=O)Nc1cc(Nc2cccc(F)c2)c(C(=O)Nc2cccnc2)cn1. The number of rotatable bonds is 6. The highest BCUT2D eigenvalue weighted by atomic mass is 19.1. The number of nitrogens with one attached hydrogen (secondary N) is 4. The second-order valence-electron chi connectivity index (χ2n) is 5.93. The minimum Gasteiger partial charge on any atom is -0.355 e. The Morgan fingerprint density at radius 2 is 1.86 bits per heavy atom. The molecule has 2 aromatic heterocycles. The predicted molar refractivity (Wildman–Crippen MR) is 109 cm³/mol. The molecule has 0 bridgehead atoms. The summed E-state index contributed by atoms with van der Waals surface area (Å²) in [5.41, 5.74) is 1.51. The molecule has 0 aliphatic heterocycles. The summed E-state index contributed by atoms with van der Waals surface area (Å²) in [5, 5.41) is 10.9. The van der Waals surface area contributed by atoms with Gasteiger partial charge in [0.05, 0.1) is 23.1 Å². The number of benzene rings is 1. The molecule has 3 rings (SSSR count). The topological polar surface area (TPSA) is 108 Å². The Balaban J connectivity index is 1.90. The van der Waals surface area contributed by atoms with Crippen molar-refractivity contribution in [3.8, 4) is 0 Å². The smallest absolute Gasteiger partial charge is 0.320 e. The maximum Gasteiger partial charge on any atom is 0.320 e. The summed E-state index contributed by atoms with van der Waals surface area (Å²) >= 11 is 0. The molecule has 0 fully saturated rings. The molecule has 0 aliphatic rings. The third-order valence-electron chi connectivity index (χ3n) is 3.75. The standard InChI is InChI=1S/C20H19FN6O2/c1-2-23-20(29)27-18-10-17(25-14-6-3-5-13(21)9-14)16(12-24-18)19(28)26-15-7-4-8-22-11-15/h3-12H,2H2,1H3,(H,26,28)(H3,23,24,25,27,29). The van der Waals surface area contributed by atoms with Gasteiger partial charge in [-0.3, -0.25) is 15.1 Å². The monoisotopic (exact) mass is 394 g/mol. The van der Waals surface area contributed by atoms with Crippen LogP contribution >= 0.6 is 0 Å². The zero-order valence-corrected chi connectivity index (χ0v) is 15.6. The highest BCUT2D eigenvalue weighted by Gasteiger charge is 2.15. The van der Waals surface area contributed by atoms with Crippen molar-refractivity contribution in [2.45, 2.75) is 6.92 Å². The molecule has 3 amide bonds. The van der Waals surface area contributed by atoms with Gasteiger partial charge >= 0.3 is 6.03 Å². The van der Waals surface area contributed by atoms with E-state index in [-0.39, 0.29) is 11.4 Å². The van der Waals surface area contributed by atoms with Crippen LogP contribution in [-0.2, 0) is 0 Å². The number of aromatic nitrogens is 2. The largest absolute Gasteiger partial charge is 0.355 e. The third kappa shape index (κ3) is 5.48. The Kier molecular flexibility index (Phi) is 6.31. The van der Waals surface area contributed by atoms with E-state index in [1.165, 1.54) is 30.6 Å². The fraction of sp³-hybridized carbons (Fsp3) is 0.100. The molecule has 9 heteroatoms. The molecule has 0 saturated heterocycles. The van der Waals surface area contributed by atoms with Crippen molar-refractivity contribution in [3.05, 3.63) is 72.4 Å². The predicted octanol–water partition coefficient (Wildman–Crippen LogP) is 3.75. The average molecular weight is 394 g/mol. The number of hydrogen-bond acceptors (Lipinski definition) is 5. The first-order valence-corrected chi connectivity index (χ1v) is 8.84. The molecule has 3 aromatic rings. The van der Waals surface area contributed by atoms with E-state index < -0.39 is 17.8 Å². The number of halogens is 1. The Morgan fingerprint density at radius 1 is 1.03 bits per heavy atom. The number of urea groups is 1. The van der Waals surface area contributed by atoms with Crippen LogP contribution < -0.4 is 21.3 Å². The number of carbonyl (C=O) groups is 2. The van der Waals surface area contributed by atoms with Gasteiger partial charge in [-0.05, 0) is 37.3 Å². The van der Waals surface area contributed by atoms with Crippen molar-refractivity contribution < 1.29 is 14.0 Å². The van der Waals surface area contributed by atoms with Crippen molar-refractivity contribution in [2.24, 2.45) is 0 Å². The van der Waals surface area contributed by atoms with E-state index in [4.69, 9.17) is 0 Å². The summed E-state index contributed by atoms with van der Waals surface area (Å²) in [6.07, 6.45) is 4.43. The van der Waals surface area contributed by atoms with Gasteiger partial charge in [0.15, 0.2) is 0 Å². The molecule has 148 valence electrons. The van der Waals surface area contributed by atoms with Crippen molar-refractivity contribution in [2.75, 3.05) is 22.5 Å². The van der Waals surface area contributed by atoms with Gasteiger partial charge in [0.1, 0.15) is 11.6 Å². The number of pyridine rings is 2. The van der Waals surface area contributed by atoms with Crippen molar-refractivity contribution in [3.63, 3.8) is 0 Å². The number of anilines is 4. The summed E-state index contributed by atoms with van der Waals surface area (Å²) in [4.78, 5) is 32.6. The third-order valence-corrected chi connectivity index (χ3v) is 3.75. The lowest BCUT2D eigenvalue weighted by molar-refractivity contribution is 0.102. The summed E-state index contributed by atoms with van der Waals surface area (Å²) < 4.78 is 13.5. The lowest BCUT2D eigenvalue weighted by Crippen LogP contribution is -2.28. The quantitative estimate of drug-likeness (QED) is 0.509. The molecule has 4 N–H and O–H groups in total. The van der Waals surface area contributed by atoms with Crippen LogP contribution in [0.4, 0.5) is 32.1 Å². The van der Waals surface area contributed by atoms with Crippen LogP contribution in [-0.4, -0.2) is 28.5 Å². The molecule has 1 aromatic carbocycles. The first-order chi connectivity index (χ1) is 14.0. The van der Waals surface area contributed by atoms with Crippen LogP contribution in [0.15, 0.2) is 61.1 Å². The molecular formula is C20H19FN6O2. The average Bonchev–Trinajstić information content (AvgIpc) is 2.69. The second kappa shape index (κ2) is 9.27. The fourth-order valence-electron chi connectivity index (χ4n) is 2.49. The highest BCUT2D eigenvalue weighted by Crippen LogP contribution is 2.24. The highest BCUT2D eigenvalue weighted by molar-refractivity contribution is 6.08. The first-order valence-electron chi connectivity index (χ1n) is 8.84. The lowest BCUT2D eigenvalue weighted by Gasteiger charge is -2.14. The van der Waals surface area contributed by atoms with Gasteiger partial charge in [0, 0.05) is 30.7 Å². The minimum atomic E-state index is -0.436. The lowest BCUT2D eigenvalue weighted by atomic mass is 10.2. The molecule has 0 radical (unpaired) electrons. The number of carbonyl (C=O) groups excluding carboxylic acids is 2. The molecule has 8 nitrogen and oxygen atoms in total. The summed E-state index contributed by atoms with van der Waals surface area (Å²) in [6, 6.07) is 10.3. The summed E-state index contributed by atoms with van der Waals surface area (Å²) in [5.74, 6) is -0.632. The normalized spacial score (nSPS) is 10.1. The van der Waals surface area contributed by atoms with E-state index in [2.05, 4.69) is 31.2 Å². The van der Waals surface area contributed by atoms with Crippen LogP contribution in [0.2, 0.25) is 0 Å². The first kappa shape index (κ1) is 19.7. The van der Waals surface area contributed by atoms with Crippen LogP contribution in [0, 0.1) is 5.82 Å². The van der Waals surface area contributed by atoms with E-state index in [1.54, 1.807) is 37.4 Å². The van der Waals surface area contributed by atoms with E-state index in [0.29, 0.717) is 23.6 Å². The zero-order chi connectivity index (χ0) is 20.6. The van der Waals surface area contributed by atoms with E-state index >= 15 is 0 Å².